The minimum atomic E-state index is -0.262. The van der Waals surface area contributed by atoms with Crippen LogP contribution in [0, 0.1) is 6.92 Å². The number of carbonyl (C=O) groups excluding carboxylic acids is 2. The van der Waals surface area contributed by atoms with Crippen molar-refractivity contribution in [1.82, 2.24) is 4.57 Å². The molecule has 0 saturated carbocycles. The minimum Gasteiger partial charge on any atom is -0.424 e. The Balaban J connectivity index is 2.02. The number of rotatable bonds is 2. The van der Waals surface area contributed by atoms with E-state index in [0.29, 0.717) is 16.3 Å². The van der Waals surface area contributed by atoms with Gasteiger partial charge in [0.2, 0.25) is 5.78 Å². The molecule has 0 aliphatic carbocycles. The van der Waals surface area contributed by atoms with Crippen molar-refractivity contribution in [3.05, 3.63) is 39.3 Å². The molecule has 0 N–H and O–H groups in total. The molecule has 3 heterocycles. The molecule has 0 spiro atoms. The van der Waals surface area contributed by atoms with E-state index in [1.807, 2.05) is 19.1 Å². The number of carbonyl (C=O) groups is 2. The third-order valence-electron chi connectivity index (χ3n) is 3.05. The van der Waals surface area contributed by atoms with Crippen molar-refractivity contribution in [3.63, 3.8) is 0 Å². The molecular weight excluding hydrogens is 250 g/mol. The van der Waals surface area contributed by atoms with Gasteiger partial charge in [0, 0.05) is 18.0 Å². The van der Waals surface area contributed by atoms with Crippen LogP contribution in [0.25, 0.3) is 0 Å². The lowest BCUT2D eigenvalue weighted by molar-refractivity contribution is -0.131. The predicted octanol–water partition coefficient (Wildman–Crippen LogP) is 2.09. The Morgan fingerprint density at radius 1 is 1.44 bits per heavy atom. The molecule has 0 unspecified atom stereocenters. The predicted molar refractivity (Wildman–Crippen MR) is 67.2 cm³/mol. The molecule has 1 aliphatic rings. The van der Waals surface area contributed by atoms with E-state index in [4.69, 9.17) is 4.74 Å². The number of aromatic nitrogens is 1. The summed E-state index contributed by atoms with van der Waals surface area (Å²) in [5.74, 6) is 0.224. The zero-order valence-corrected chi connectivity index (χ0v) is 10.8. The smallest absolute Gasteiger partial charge is 0.317 e. The first-order chi connectivity index (χ1) is 8.56. The van der Waals surface area contributed by atoms with Gasteiger partial charge in [-0.05, 0) is 19.1 Å². The van der Waals surface area contributed by atoms with Crippen LogP contribution >= 0.6 is 11.3 Å². The van der Waals surface area contributed by atoms with Gasteiger partial charge in [0.1, 0.15) is 0 Å². The van der Waals surface area contributed by atoms with Gasteiger partial charge in [-0.25, -0.2) is 0 Å². The second kappa shape index (κ2) is 3.81. The van der Waals surface area contributed by atoms with Crippen molar-refractivity contribution in [2.75, 3.05) is 0 Å². The largest absolute Gasteiger partial charge is 0.424 e. The fraction of sp³-hybridized carbons (Fsp3) is 0.231. The summed E-state index contributed by atoms with van der Waals surface area (Å²) in [6, 6.07) is 5.40. The highest BCUT2D eigenvalue weighted by molar-refractivity contribution is 7.14. The van der Waals surface area contributed by atoms with Crippen LogP contribution in [0.2, 0.25) is 0 Å². The van der Waals surface area contributed by atoms with Crippen molar-refractivity contribution in [2.24, 2.45) is 7.05 Å². The van der Waals surface area contributed by atoms with E-state index in [0.717, 1.165) is 10.6 Å². The van der Waals surface area contributed by atoms with Crippen molar-refractivity contribution in [2.45, 2.75) is 13.3 Å². The summed E-state index contributed by atoms with van der Waals surface area (Å²) in [5, 5.41) is 0. The van der Waals surface area contributed by atoms with Gasteiger partial charge in [-0.1, -0.05) is 0 Å². The molecule has 0 fully saturated rings. The third kappa shape index (κ3) is 1.59. The first-order valence-corrected chi connectivity index (χ1v) is 6.38. The molecule has 0 aromatic carbocycles. The van der Waals surface area contributed by atoms with Gasteiger partial charge in [-0.3, -0.25) is 9.59 Å². The zero-order chi connectivity index (χ0) is 12.9. The first kappa shape index (κ1) is 11.2. The number of fused-ring (bicyclic) bond motifs is 1. The van der Waals surface area contributed by atoms with Crippen molar-refractivity contribution < 1.29 is 14.3 Å². The average molecular weight is 261 g/mol. The lowest BCUT2D eigenvalue weighted by Gasteiger charge is -2.02. The van der Waals surface area contributed by atoms with Crippen LogP contribution in [-0.2, 0) is 18.3 Å². The standard InChI is InChI=1S/C13H11NO3S/c1-7-3-4-11(18-7)13(16)9-5-10-8(14(9)2)6-12(15)17-10/h3-5H,6H2,1-2H3. The monoisotopic (exact) mass is 261 g/mol. The number of ketones is 1. The van der Waals surface area contributed by atoms with E-state index in [1.165, 1.54) is 11.3 Å². The molecule has 18 heavy (non-hydrogen) atoms. The minimum absolute atomic E-state index is 0.0268. The summed E-state index contributed by atoms with van der Waals surface area (Å²) >= 11 is 1.47. The topological polar surface area (TPSA) is 48.3 Å². The molecule has 0 saturated heterocycles. The zero-order valence-electron chi connectivity index (χ0n) is 10.0. The molecule has 2 aromatic heterocycles. The average Bonchev–Trinajstić information content (AvgIpc) is 2.96. The summed E-state index contributed by atoms with van der Waals surface area (Å²) in [5.41, 5.74) is 1.34. The van der Waals surface area contributed by atoms with Crippen LogP contribution in [0.4, 0.5) is 0 Å². The molecule has 4 nitrogen and oxygen atoms in total. The SMILES string of the molecule is Cc1ccc(C(=O)c2cc3c(n2C)CC(=O)O3)s1. The van der Waals surface area contributed by atoms with Gasteiger partial charge >= 0.3 is 5.97 Å². The summed E-state index contributed by atoms with van der Waals surface area (Å²) < 4.78 is 6.80. The molecule has 0 radical (unpaired) electrons. The summed E-state index contributed by atoms with van der Waals surface area (Å²) in [6.45, 7) is 1.97. The van der Waals surface area contributed by atoms with Gasteiger partial charge in [-0.15, -0.1) is 11.3 Å². The van der Waals surface area contributed by atoms with E-state index in [-0.39, 0.29) is 18.2 Å². The molecule has 0 amide bonds. The van der Waals surface area contributed by atoms with E-state index < -0.39 is 0 Å². The maximum Gasteiger partial charge on any atom is 0.317 e. The van der Waals surface area contributed by atoms with Crippen molar-refractivity contribution >= 4 is 23.1 Å². The number of aryl methyl sites for hydroxylation is 1. The summed E-state index contributed by atoms with van der Waals surface area (Å²) in [4.78, 5) is 25.3. The van der Waals surface area contributed by atoms with Gasteiger partial charge in [0.15, 0.2) is 5.75 Å². The lowest BCUT2D eigenvalue weighted by atomic mass is 10.2. The van der Waals surface area contributed by atoms with E-state index in [2.05, 4.69) is 0 Å². The van der Waals surface area contributed by atoms with E-state index in [1.54, 1.807) is 17.7 Å². The number of thiophene rings is 1. The molecule has 3 rings (SSSR count). The second-order valence-corrected chi connectivity index (χ2v) is 5.58. The molecule has 5 heteroatoms. The summed E-state index contributed by atoms with van der Waals surface area (Å²) in [6.07, 6.45) is 0.239. The highest BCUT2D eigenvalue weighted by Crippen LogP contribution is 2.31. The van der Waals surface area contributed by atoms with Crippen LogP contribution in [0.5, 0.6) is 5.75 Å². The van der Waals surface area contributed by atoms with E-state index >= 15 is 0 Å². The fourth-order valence-electron chi connectivity index (χ4n) is 2.11. The summed E-state index contributed by atoms with van der Waals surface area (Å²) in [7, 11) is 1.79. The van der Waals surface area contributed by atoms with Gasteiger partial charge in [0.25, 0.3) is 0 Å². The van der Waals surface area contributed by atoms with Crippen LogP contribution in [0.15, 0.2) is 18.2 Å². The Morgan fingerprint density at radius 3 is 2.83 bits per heavy atom. The molecular formula is C13H11NO3S. The number of hydrogen-bond acceptors (Lipinski definition) is 4. The highest BCUT2D eigenvalue weighted by Gasteiger charge is 2.28. The quantitative estimate of drug-likeness (QED) is 0.614. The molecule has 2 aromatic rings. The van der Waals surface area contributed by atoms with Crippen LogP contribution in [0.3, 0.4) is 0 Å². The second-order valence-electron chi connectivity index (χ2n) is 4.29. The van der Waals surface area contributed by atoms with Crippen LogP contribution in [-0.4, -0.2) is 16.3 Å². The van der Waals surface area contributed by atoms with E-state index in [9.17, 15) is 9.59 Å². The number of hydrogen-bond donors (Lipinski definition) is 0. The maximum absolute atomic E-state index is 12.3. The molecule has 0 bridgehead atoms. The molecule has 92 valence electrons. The van der Waals surface area contributed by atoms with Gasteiger partial charge < -0.3 is 9.30 Å². The highest BCUT2D eigenvalue weighted by atomic mass is 32.1. The number of esters is 1. The maximum atomic E-state index is 12.3. The normalized spacial score (nSPS) is 13.6. The third-order valence-corrected chi connectivity index (χ3v) is 4.05. The Hall–Kier alpha value is -1.88. The Labute approximate surface area is 108 Å². The molecule has 0 atom stereocenters. The number of nitrogens with zero attached hydrogens (tertiary/aromatic N) is 1. The number of ether oxygens (including phenoxy) is 1. The lowest BCUT2D eigenvalue weighted by Crippen LogP contribution is -2.10. The Kier molecular flexibility index (Phi) is 2.38. The van der Waals surface area contributed by atoms with Gasteiger partial charge in [-0.2, -0.15) is 0 Å². The Morgan fingerprint density at radius 2 is 2.22 bits per heavy atom. The van der Waals surface area contributed by atoms with Crippen LogP contribution in [0.1, 0.15) is 25.9 Å². The Bertz CT molecular complexity index is 666. The first-order valence-electron chi connectivity index (χ1n) is 5.56. The molecule has 1 aliphatic heterocycles. The fourth-order valence-corrected chi connectivity index (χ4v) is 2.92. The van der Waals surface area contributed by atoms with Crippen molar-refractivity contribution in [1.29, 1.82) is 0 Å². The van der Waals surface area contributed by atoms with Crippen molar-refractivity contribution in [3.8, 4) is 5.75 Å². The van der Waals surface area contributed by atoms with Gasteiger partial charge in [0.05, 0.1) is 22.7 Å². The van der Waals surface area contributed by atoms with Crippen LogP contribution < -0.4 is 4.74 Å².